The molecule has 2 aromatic carbocycles. The average molecular weight is 485 g/mol. The van der Waals surface area contributed by atoms with E-state index in [0.29, 0.717) is 31.6 Å². The zero-order valence-corrected chi connectivity index (χ0v) is 20.2. The molecule has 0 heterocycles. The smallest absolute Gasteiger partial charge is 0.407 e. The molecule has 0 bridgehead atoms. The molecule has 3 rings (SSSR count). The van der Waals surface area contributed by atoms with E-state index >= 15 is 0 Å². The van der Waals surface area contributed by atoms with Crippen LogP contribution in [-0.2, 0) is 14.3 Å². The summed E-state index contributed by atoms with van der Waals surface area (Å²) < 4.78 is 5.51. The number of rotatable bonds is 13. The zero-order chi connectivity index (χ0) is 24.3. The summed E-state index contributed by atoms with van der Waals surface area (Å²) in [6, 6.07) is 15.6. The van der Waals surface area contributed by atoms with Gasteiger partial charge < -0.3 is 20.5 Å². The Morgan fingerprint density at radius 3 is 2.26 bits per heavy atom. The monoisotopic (exact) mass is 484 g/mol. The summed E-state index contributed by atoms with van der Waals surface area (Å²) >= 11 is 1.55. The molecule has 34 heavy (non-hydrogen) atoms. The van der Waals surface area contributed by atoms with Crippen LogP contribution >= 0.6 is 11.8 Å². The van der Waals surface area contributed by atoms with Crippen molar-refractivity contribution in [3.8, 4) is 11.1 Å². The van der Waals surface area contributed by atoms with Crippen LogP contribution < -0.4 is 10.6 Å². The van der Waals surface area contributed by atoms with Gasteiger partial charge in [-0.25, -0.2) is 9.59 Å². The van der Waals surface area contributed by atoms with Gasteiger partial charge in [-0.05, 0) is 53.5 Å². The molecule has 0 radical (unpaired) electrons. The van der Waals surface area contributed by atoms with E-state index in [1.54, 1.807) is 11.8 Å². The topological polar surface area (TPSA) is 105 Å². The molecule has 182 valence electrons. The molecule has 0 aromatic heterocycles. The zero-order valence-electron chi connectivity index (χ0n) is 19.4. The van der Waals surface area contributed by atoms with Crippen LogP contribution in [0.5, 0.6) is 0 Å². The molecule has 0 saturated carbocycles. The number of thioether (sulfide) groups is 1. The first-order valence-electron chi connectivity index (χ1n) is 11.6. The van der Waals surface area contributed by atoms with Crippen LogP contribution in [0.2, 0.25) is 0 Å². The van der Waals surface area contributed by atoms with Gasteiger partial charge in [-0.1, -0.05) is 55.0 Å². The molecule has 1 atom stereocenters. The third-order valence-electron chi connectivity index (χ3n) is 5.94. The fourth-order valence-corrected chi connectivity index (χ4v) is 4.66. The number of fused-ring (bicyclic) bond motifs is 3. The van der Waals surface area contributed by atoms with Crippen molar-refractivity contribution in [1.82, 2.24) is 10.6 Å². The van der Waals surface area contributed by atoms with E-state index in [1.807, 2.05) is 30.5 Å². The Labute approximate surface area is 204 Å². The first-order valence-corrected chi connectivity index (χ1v) is 13.0. The Morgan fingerprint density at radius 2 is 1.65 bits per heavy atom. The van der Waals surface area contributed by atoms with Crippen LogP contribution in [0.15, 0.2) is 48.5 Å². The summed E-state index contributed by atoms with van der Waals surface area (Å²) in [6.07, 6.45) is 4.23. The molecule has 0 saturated heterocycles. The minimum absolute atomic E-state index is 0.0298. The third-order valence-corrected chi connectivity index (χ3v) is 6.58. The largest absolute Gasteiger partial charge is 0.480 e. The number of amides is 2. The van der Waals surface area contributed by atoms with E-state index < -0.39 is 18.1 Å². The van der Waals surface area contributed by atoms with Gasteiger partial charge >= 0.3 is 12.1 Å². The number of nitrogens with one attached hydrogen (secondary N) is 2. The molecule has 2 aromatic rings. The summed E-state index contributed by atoms with van der Waals surface area (Å²) in [5.41, 5.74) is 4.73. The van der Waals surface area contributed by atoms with Crippen LogP contribution in [0.1, 0.15) is 49.1 Å². The standard InChI is InChI=1S/C26H32N2O5S/c1-34-16-14-23(25(30)31)28-24(29)13-3-2-8-15-27-26(32)33-17-22-20-11-6-4-9-18(20)19-10-5-7-12-21(19)22/h4-7,9-12,22-23H,2-3,8,13-17H2,1H3,(H,27,32)(H,28,29)(H,30,31)/t23-/m0/s1. The lowest BCUT2D eigenvalue weighted by atomic mass is 9.98. The number of carbonyl (C=O) groups is 3. The molecule has 0 aliphatic heterocycles. The van der Waals surface area contributed by atoms with Gasteiger partial charge in [0.1, 0.15) is 12.6 Å². The highest BCUT2D eigenvalue weighted by molar-refractivity contribution is 7.98. The van der Waals surface area contributed by atoms with E-state index in [4.69, 9.17) is 4.74 Å². The minimum atomic E-state index is -1.00. The average Bonchev–Trinajstić information content (AvgIpc) is 3.16. The molecule has 8 heteroatoms. The van der Waals surface area contributed by atoms with Gasteiger partial charge in [0.25, 0.3) is 0 Å². The van der Waals surface area contributed by atoms with Gasteiger partial charge in [0.15, 0.2) is 0 Å². The Morgan fingerprint density at radius 1 is 1.00 bits per heavy atom. The predicted molar refractivity (Wildman–Crippen MR) is 134 cm³/mol. The van der Waals surface area contributed by atoms with Crippen LogP contribution in [0, 0.1) is 0 Å². The van der Waals surface area contributed by atoms with Crippen LogP contribution in [-0.4, -0.2) is 54.3 Å². The number of carbonyl (C=O) groups excluding carboxylic acids is 2. The summed E-state index contributed by atoms with van der Waals surface area (Å²) in [7, 11) is 0. The van der Waals surface area contributed by atoms with Crippen LogP contribution in [0.25, 0.3) is 11.1 Å². The molecule has 0 fully saturated rings. The summed E-state index contributed by atoms with van der Waals surface area (Å²) in [5.74, 6) is -0.548. The molecule has 0 spiro atoms. The van der Waals surface area contributed by atoms with Crippen LogP contribution in [0.4, 0.5) is 4.79 Å². The number of carboxylic acids is 1. The lowest BCUT2D eigenvalue weighted by Gasteiger charge is -2.15. The maximum Gasteiger partial charge on any atom is 0.407 e. The van der Waals surface area contributed by atoms with Crippen molar-refractivity contribution < 1.29 is 24.2 Å². The van der Waals surface area contributed by atoms with E-state index in [9.17, 15) is 19.5 Å². The second kappa shape index (κ2) is 13.0. The highest BCUT2D eigenvalue weighted by Gasteiger charge is 2.28. The van der Waals surface area contributed by atoms with Gasteiger partial charge in [0.05, 0.1) is 0 Å². The Bertz CT molecular complexity index is 951. The summed E-state index contributed by atoms with van der Waals surface area (Å²) in [4.78, 5) is 35.4. The molecule has 3 N–H and O–H groups in total. The Hall–Kier alpha value is -3.00. The van der Waals surface area contributed by atoms with E-state index in [0.717, 1.165) is 6.42 Å². The van der Waals surface area contributed by atoms with Crippen molar-refractivity contribution in [2.24, 2.45) is 0 Å². The number of benzene rings is 2. The summed E-state index contributed by atoms with van der Waals surface area (Å²) in [5, 5.41) is 14.5. The fraction of sp³-hybridized carbons (Fsp3) is 0.423. The normalized spacial score (nSPS) is 13.0. The highest BCUT2D eigenvalue weighted by Crippen LogP contribution is 2.44. The molecule has 1 aliphatic carbocycles. The number of unbranched alkanes of at least 4 members (excludes halogenated alkanes) is 2. The van der Waals surface area contributed by atoms with E-state index in [2.05, 4.69) is 34.9 Å². The van der Waals surface area contributed by atoms with Gasteiger partial charge in [-0.15, -0.1) is 0 Å². The Balaban J connectivity index is 1.32. The number of hydrogen-bond donors (Lipinski definition) is 3. The van der Waals surface area contributed by atoms with Gasteiger partial charge in [0, 0.05) is 18.9 Å². The molecule has 7 nitrogen and oxygen atoms in total. The maximum absolute atomic E-state index is 12.2. The first kappa shape index (κ1) is 25.6. The van der Waals surface area contributed by atoms with Gasteiger partial charge in [0.2, 0.25) is 5.91 Å². The number of carboxylic acid groups (broad SMARTS) is 1. The highest BCUT2D eigenvalue weighted by atomic mass is 32.2. The quantitative estimate of drug-likeness (QED) is 0.364. The van der Waals surface area contributed by atoms with Crippen molar-refractivity contribution in [2.75, 3.05) is 25.2 Å². The second-order valence-corrected chi connectivity index (χ2v) is 9.29. The summed E-state index contributed by atoms with van der Waals surface area (Å²) in [6.45, 7) is 0.741. The van der Waals surface area contributed by atoms with Crippen molar-refractivity contribution in [3.63, 3.8) is 0 Å². The van der Waals surface area contributed by atoms with Crippen molar-refractivity contribution in [3.05, 3.63) is 59.7 Å². The minimum Gasteiger partial charge on any atom is -0.480 e. The van der Waals surface area contributed by atoms with Crippen molar-refractivity contribution >= 4 is 29.7 Å². The number of alkyl carbamates (subject to hydrolysis) is 1. The lowest BCUT2D eigenvalue weighted by molar-refractivity contribution is -0.141. The van der Waals surface area contributed by atoms with Gasteiger partial charge in [-0.3, -0.25) is 4.79 Å². The molecule has 2 amide bonds. The number of ether oxygens (including phenoxy) is 1. The van der Waals surface area contributed by atoms with Crippen molar-refractivity contribution in [1.29, 1.82) is 0 Å². The fourth-order valence-electron chi connectivity index (χ4n) is 4.19. The van der Waals surface area contributed by atoms with E-state index in [1.165, 1.54) is 22.3 Å². The van der Waals surface area contributed by atoms with E-state index in [-0.39, 0.29) is 24.9 Å². The molecule has 0 unspecified atom stereocenters. The number of aliphatic carboxylic acids is 1. The predicted octanol–water partition coefficient (Wildman–Crippen LogP) is 4.41. The molecular formula is C26H32N2O5S. The van der Waals surface area contributed by atoms with Crippen molar-refractivity contribution in [2.45, 2.75) is 44.1 Å². The first-order chi connectivity index (χ1) is 16.5. The van der Waals surface area contributed by atoms with Gasteiger partial charge in [-0.2, -0.15) is 11.8 Å². The SMILES string of the molecule is CSCC[C@H](NC(=O)CCCCCNC(=O)OCC1c2ccccc2-c2ccccc21)C(=O)O. The molecule has 1 aliphatic rings. The van der Waals surface area contributed by atoms with Crippen LogP contribution in [0.3, 0.4) is 0 Å². The Kier molecular flexibility index (Phi) is 9.82. The maximum atomic E-state index is 12.2. The second-order valence-electron chi connectivity index (χ2n) is 8.30. The molecular weight excluding hydrogens is 452 g/mol. The lowest BCUT2D eigenvalue weighted by Crippen LogP contribution is -2.41. The third kappa shape index (κ3) is 7.00. The number of hydrogen-bond acceptors (Lipinski definition) is 5.